The van der Waals surface area contributed by atoms with Crippen LogP contribution in [0.15, 0.2) is 16.8 Å². The second-order valence-corrected chi connectivity index (χ2v) is 5.83. The molecule has 6 nitrogen and oxygen atoms in total. The van der Waals surface area contributed by atoms with E-state index in [-0.39, 0.29) is 17.8 Å². The van der Waals surface area contributed by atoms with Crippen LogP contribution in [0.4, 0.5) is 13.2 Å². The van der Waals surface area contributed by atoms with Gasteiger partial charge in [-0.2, -0.15) is 18.3 Å². The monoisotopic (exact) mass is 329 g/mol. The number of aryl methyl sites for hydroxylation is 1. The number of hydrogen-bond acceptors (Lipinski definition) is 5. The van der Waals surface area contributed by atoms with Crippen molar-refractivity contribution in [1.82, 2.24) is 24.9 Å². The summed E-state index contributed by atoms with van der Waals surface area (Å²) in [5, 5.41) is 11.5. The zero-order chi connectivity index (χ0) is 16.4. The number of halogens is 3. The molecule has 0 N–H and O–H groups in total. The predicted molar refractivity (Wildman–Crippen MR) is 74.3 cm³/mol. The molecule has 1 saturated heterocycles. The first kappa shape index (κ1) is 16.0. The van der Waals surface area contributed by atoms with Crippen LogP contribution in [0.2, 0.25) is 0 Å². The third kappa shape index (κ3) is 4.10. The maximum absolute atomic E-state index is 12.4. The molecule has 23 heavy (non-hydrogen) atoms. The predicted octanol–water partition coefficient (Wildman–Crippen LogP) is 2.64. The Morgan fingerprint density at radius 3 is 2.83 bits per heavy atom. The minimum atomic E-state index is -4.34. The van der Waals surface area contributed by atoms with E-state index in [4.69, 9.17) is 4.42 Å². The molecule has 0 saturated carbocycles. The molecule has 1 fully saturated rings. The lowest BCUT2D eigenvalue weighted by atomic mass is 10.0. The van der Waals surface area contributed by atoms with Crippen molar-refractivity contribution >= 4 is 0 Å². The second kappa shape index (κ2) is 6.31. The highest BCUT2D eigenvalue weighted by atomic mass is 19.4. The van der Waals surface area contributed by atoms with E-state index in [0.29, 0.717) is 6.54 Å². The molecule has 0 spiro atoms. The fraction of sp³-hybridized carbons (Fsp3) is 0.643. The molecule has 3 rings (SSSR count). The van der Waals surface area contributed by atoms with Crippen LogP contribution in [-0.4, -0.2) is 37.6 Å². The number of aromatic nitrogens is 4. The first-order valence-electron chi connectivity index (χ1n) is 7.51. The fourth-order valence-corrected chi connectivity index (χ4v) is 2.89. The van der Waals surface area contributed by atoms with Gasteiger partial charge in [0.15, 0.2) is 0 Å². The van der Waals surface area contributed by atoms with E-state index in [1.54, 1.807) is 10.9 Å². The Bertz CT molecular complexity index is 651. The van der Waals surface area contributed by atoms with Crippen molar-refractivity contribution < 1.29 is 17.6 Å². The molecule has 0 aliphatic carbocycles. The molecule has 0 amide bonds. The quantitative estimate of drug-likeness (QED) is 0.863. The van der Waals surface area contributed by atoms with Crippen molar-refractivity contribution in [3.63, 3.8) is 0 Å². The summed E-state index contributed by atoms with van der Waals surface area (Å²) in [5.41, 5.74) is 1.05. The van der Waals surface area contributed by atoms with Gasteiger partial charge in [-0.05, 0) is 19.4 Å². The lowest BCUT2D eigenvalue weighted by molar-refractivity contribution is -0.131. The molecule has 1 aliphatic rings. The third-order valence-corrected chi connectivity index (χ3v) is 3.88. The van der Waals surface area contributed by atoms with Crippen LogP contribution in [0.3, 0.4) is 0 Å². The van der Waals surface area contributed by atoms with Crippen molar-refractivity contribution in [3.05, 3.63) is 29.7 Å². The number of piperidine rings is 1. The minimum absolute atomic E-state index is 0.140. The molecular formula is C14H18F3N5O. The van der Waals surface area contributed by atoms with Gasteiger partial charge in [0.05, 0.1) is 12.2 Å². The van der Waals surface area contributed by atoms with Gasteiger partial charge in [0.25, 0.3) is 0 Å². The zero-order valence-corrected chi connectivity index (χ0v) is 12.8. The van der Waals surface area contributed by atoms with Gasteiger partial charge < -0.3 is 4.42 Å². The number of rotatable bonds is 4. The molecule has 1 atom stereocenters. The van der Waals surface area contributed by atoms with E-state index in [1.165, 1.54) is 0 Å². The highest BCUT2D eigenvalue weighted by molar-refractivity contribution is 5.05. The summed E-state index contributed by atoms with van der Waals surface area (Å²) in [6.07, 6.45) is 1.02. The van der Waals surface area contributed by atoms with Crippen LogP contribution in [0, 0.1) is 0 Å². The lowest BCUT2D eigenvalue weighted by Crippen LogP contribution is -2.33. The Morgan fingerprint density at radius 2 is 2.13 bits per heavy atom. The molecule has 0 radical (unpaired) electrons. The average molecular weight is 329 g/mol. The Kier molecular flexibility index (Phi) is 4.38. The third-order valence-electron chi connectivity index (χ3n) is 3.88. The van der Waals surface area contributed by atoms with E-state index in [9.17, 15) is 13.2 Å². The standard InChI is InChI=1S/C14H18F3N5O/c1-21-8-10(7-18-21)9-22-5-3-2-4-11(22)13-20-19-12(23-13)6-14(15,16)17/h7-8,11H,2-6,9H2,1H3. The number of likely N-dealkylation sites (tertiary alicyclic amines) is 1. The lowest BCUT2D eigenvalue weighted by Gasteiger charge is -2.33. The molecule has 2 aromatic heterocycles. The smallest absolute Gasteiger partial charge is 0.397 e. The van der Waals surface area contributed by atoms with Crippen LogP contribution in [0.1, 0.15) is 42.6 Å². The van der Waals surface area contributed by atoms with Gasteiger partial charge >= 0.3 is 6.18 Å². The van der Waals surface area contributed by atoms with Crippen molar-refractivity contribution in [2.24, 2.45) is 7.05 Å². The summed E-state index contributed by atoms with van der Waals surface area (Å²) in [6.45, 7) is 1.51. The Morgan fingerprint density at radius 1 is 1.30 bits per heavy atom. The van der Waals surface area contributed by atoms with E-state index in [2.05, 4.69) is 20.2 Å². The van der Waals surface area contributed by atoms with Crippen LogP contribution in [0.25, 0.3) is 0 Å². The molecule has 2 aromatic rings. The maximum atomic E-state index is 12.4. The summed E-state index contributed by atoms with van der Waals surface area (Å²) >= 11 is 0. The molecule has 1 aliphatic heterocycles. The zero-order valence-electron chi connectivity index (χ0n) is 12.8. The topological polar surface area (TPSA) is 60.0 Å². The van der Waals surface area contributed by atoms with Gasteiger partial charge in [0.2, 0.25) is 11.8 Å². The summed E-state index contributed by atoms with van der Waals surface area (Å²) in [4.78, 5) is 2.16. The van der Waals surface area contributed by atoms with Crippen LogP contribution in [-0.2, 0) is 20.0 Å². The van der Waals surface area contributed by atoms with Gasteiger partial charge in [0, 0.05) is 25.4 Å². The van der Waals surface area contributed by atoms with Crippen molar-refractivity contribution in [1.29, 1.82) is 0 Å². The molecule has 1 unspecified atom stereocenters. The normalized spacial score (nSPS) is 20.1. The highest BCUT2D eigenvalue weighted by Crippen LogP contribution is 2.32. The van der Waals surface area contributed by atoms with E-state index >= 15 is 0 Å². The molecule has 126 valence electrons. The highest BCUT2D eigenvalue weighted by Gasteiger charge is 2.33. The summed E-state index contributed by atoms with van der Waals surface area (Å²) in [6, 6.07) is -0.140. The molecular weight excluding hydrogens is 311 g/mol. The second-order valence-electron chi connectivity index (χ2n) is 5.83. The summed E-state index contributed by atoms with van der Waals surface area (Å²) < 4.78 is 44.2. The van der Waals surface area contributed by atoms with Gasteiger partial charge in [-0.1, -0.05) is 6.42 Å². The molecule has 3 heterocycles. The van der Waals surface area contributed by atoms with Crippen molar-refractivity contribution in [2.75, 3.05) is 6.54 Å². The van der Waals surface area contributed by atoms with Crippen molar-refractivity contribution in [3.8, 4) is 0 Å². The minimum Gasteiger partial charge on any atom is -0.423 e. The number of nitrogens with zero attached hydrogens (tertiary/aromatic N) is 5. The first-order valence-corrected chi connectivity index (χ1v) is 7.51. The average Bonchev–Trinajstić information content (AvgIpc) is 3.07. The molecule has 0 bridgehead atoms. The Hall–Kier alpha value is -1.90. The van der Waals surface area contributed by atoms with E-state index in [1.807, 2.05) is 13.2 Å². The Labute approximate surface area is 131 Å². The molecule has 0 aromatic carbocycles. The number of alkyl halides is 3. The van der Waals surface area contributed by atoms with Gasteiger partial charge in [-0.25, -0.2) is 0 Å². The fourth-order valence-electron chi connectivity index (χ4n) is 2.89. The van der Waals surface area contributed by atoms with Crippen LogP contribution < -0.4 is 0 Å². The van der Waals surface area contributed by atoms with Crippen LogP contribution in [0.5, 0.6) is 0 Å². The first-order chi connectivity index (χ1) is 10.9. The Balaban J connectivity index is 1.73. The summed E-state index contributed by atoms with van der Waals surface area (Å²) in [7, 11) is 1.85. The number of hydrogen-bond donors (Lipinski definition) is 0. The van der Waals surface area contributed by atoms with Gasteiger partial charge in [-0.15, -0.1) is 10.2 Å². The van der Waals surface area contributed by atoms with E-state index < -0.39 is 12.6 Å². The van der Waals surface area contributed by atoms with Crippen molar-refractivity contribution in [2.45, 2.75) is 44.4 Å². The van der Waals surface area contributed by atoms with E-state index in [0.717, 1.165) is 31.4 Å². The van der Waals surface area contributed by atoms with Gasteiger partial charge in [0.1, 0.15) is 6.42 Å². The molecule has 9 heteroatoms. The largest absolute Gasteiger partial charge is 0.423 e. The van der Waals surface area contributed by atoms with Gasteiger partial charge in [-0.3, -0.25) is 9.58 Å². The summed E-state index contributed by atoms with van der Waals surface area (Å²) in [5.74, 6) is -0.104. The SMILES string of the molecule is Cn1cc(CN2CCCCC2c2nnc(CC(F)(F)F)o2)cn1. The maximum Gasteiger partial charge on any atom is 0.397 e. The van der Waals surface area contributed by atoms with Crippen LogP contribution >= 0.6 is 0 Å².